The van der Waals surface area contributed by atoms with Crippen molar-refractivity contribution in [3.05, 3.63) is 12.2 Å². The van der Waals surface area contributed by atoms with Crippen LogP contribution in [0.15, 0.2) is 6.33 Å². The Hall–Kier alpha value is -0.950. The minimum absolute atomic E-state index is 0.0524. The Morgan fingerprint density at radius 3 is 2.85 bits per heavy atom. The predicted molar refractivity (Wildman–Crippen MR) is 77.9 cm³/mol. The average Bonchev–Trinajstić information content (AvgIpc) is 2.85. The summed E-state index contributed by atoms with van der Waals surface area (Å²) < 4.78 is 24.8. The smallest absolute Gasteiger partial charge is 0.150 e. The minimum atomic E-state index is -2.82. The van der Waals surface area contributed by atoms with Gasteiger partial charge in [0.2, 0.25) is 0 Å². The lowest BCUT2D eigenvalue weighted by atomic mass is 9.98. The van der Waals surface area contributed by atoms with Crippen LogP contribution in [-0.4, -0.2) is 40.7 Å². The molecule has 0 aliphatic carbocycles. The second kappa shape index (κ2) is 6.22. The van der Waals surface area contributed by atoms with Crippen molar-refractivity contribution in [3.63, 3.8) is 0 Å². The molecule has 2 rings (SSSR count). The maximum atomic E-state index is 11.4. The van der Waals surface area contributed by atoms with Crippen LogP contribution in [0.5, 0.6) is 0 Å². The zero-order chi connectivity index (χ0) is 14.8. The van der Waals surface area contributed by atoms with E-state index < -0.39 is 9.84 Å². The number of nitrogens with two attached hydrogens (primary N) is 1. The molecule has 2 heterocycles. The van der Waals surface area contributed by atoms with Crippen molar-refractivity contribution in [2.24, 2.45) is 17.6 Å². The Kier molecular flexibility index (Phi) is 4.80. The summed E-state index contributed by atoms with van der Waals surface area (Å²) in [5.74, 6) is 2.21. The van der Waals surface area contributed by atoms with Crippen molar-refractivity contribution in [2.75, 3.05) is 11.5 Å². The van der Waals surface area contributed by atoms with Gasteiger partial charge in [-0.1, -0.05) is 13.8 Å². The Labute approximate surface area is 120 Å². The lowest BCUT2D eigenvalue weighted by Crippen LogP contribution is -2.28. The van der Waals surface area contributed by atoms with Gasteiger partial charge in [0, 0.05) is 19.0 Å². The fraction of sp³-hybridized carbons (Fsp3) is 0.846. The van der Waals surface area contributed by atoms with Gasteiger partial charge in [-0.15, -0.1) is 0 Å². The summed E-state index contributed by atoms with van der Waals surface area (Å²) in [6.07, 6.45) is 3.70. The van der Waals surface area contributed by atoms with Crippen LogP contribution in [0.4, 0.5) is 0 Å². The molecule has 6 nitrogen and oxygen atoms in total. The largest absolute Gasteiger partial charge is 0.327 e. The Balaban J connectivity index is 1.89. The molecule has 0 bridgehead atoms. The van der Waals surface area contributed by atoms with Gasteiger partial charge in [-0.2, -0.15) is 5.10 Å². The van der Waals surface area contributed by atoms with Crippen LogP contribution in [0, 0.1) is 11.8 Å². The molecule has 7 heteroatoms. The molecular formula is C13H24N4O2S. The maximum Gasteiger partial charge on any atom is 0.150 e. The molecule has 0 aromatic carbocycles. The lowest BCUT2D eigenvalue weighted by Gasteiger charge is -2.16. The van der Waals surface area contributed by atoms with Gasteiger partial charge < -0.3 is 5.73 Å². The molecule has 1 aromatic rings. The third-order valence-electron chi connectivity index (χ3n) is 3.64. The van der Waals surface area contributed by atoms with Crippen molar-refractivity contribution in [1.82, 2.24) is 14.8 Å². The molecule has 1 aliphatic rings. The van der Waals surface area contributed by atoms with Gasteiger partial charge in [-0.05, 0) is 24.7 Å². The number of hydrogen-bond donors (Lipinski definition) is 1. The van der Waals surface area contributed by atoms with Crippen LogP contribution in [0.25, 0.3) is 0 Å². The molecule has 0 spiro atoms. The minimum Gasteiger partial charge on any atom is -0.327 e. The van der Waals surface area contributed by atoms with Crippen LogP contribution in [0.2, 0.25) is 0 Å². The topological polar surface area (TPSA) is 90.9 Å². The first-order valence-electron chi connectivity index (χ1n) is 7.18. The lowest BCUT2D eigenvalue weighted by molar-refractivity contribution is 0.431. The molecule has 0 amide bonds. The molecule has 20 heavy (non-hydrogen) atoms. The third kappa shape index (κ3) is 4.28. The highest BCUT2D eigenvalue weighted by molar-refractivity contribution is 7.91. The Morgan fingerprint density at radius 1 is 1.50 bits per heavy atom. The van der Waals surface area contributed by atoms with Crippen molar-refractivity contribution in [2.45, 2.75) is 45.7 Å². The first-order chi connectivity index (χ1) is 9.35. The summed E-state index contributed by atoms with van der Waals surface area (Å²) >= 11 is 0. The number of rotatable bonds is 6. The highest BCUT2D eigenvalue weighted by Crippen LogP contribution is 2.23. The molecule has 1 aromatic heterocycles. The van der Waals surface area contributed by atoms with Gasteiger partial charge in [0.15, 0.2) is 9.84 Å². The second-order valence-electron chi connectivity index (χ2n) is 6.22. The third-order valence-corrected chi connectivity index (χ3v) is 5.48. The van der Waals surface area contributed by atoms with Crippen LogP contribution in [0.3, 0.4) is 0 Å². The first kappa shape index (κ1) is 15.4. The predicted octanol–water partition coefficient (Wildman–Crippen LogP) is 0.629. The quantitative estimate of drug-likeness (QED) is 0.832. The summed E-state index contributed by atoms with van der Waals surface area (Å²) in [6.45, 7) is 5.10. The van der Waals surface area contributed by atoms with E-state index in [1.807, 2.05) is 4.68 Å². The molecule has 0 radical (unpaired) electrons. The van der Waals surface area contributed by atoms with Gasteiger partial charge in [0.25, 0.3) is 0 Å². The van der Waals surface area contributed by atoms with E-state index in [9.17, 15) is 8.42 Å². The van der Waals surface area contributed by atoms with Gasteiger partial charge in [-0.3, -0.25) is 0 Å². The molecule has 2 unspecified atom stereocenters. The standard InChI is InChI=1S/C13H24N4O2S/c1-10(2)7-17-13(15-9-16-17)6-12(14)5-11-3-4-20(18,19)8-11/h9-12H,3-8,14H2,1-2H3. The van der Waals surface area contributed by atoms with E-state index in [0.717, 1.165) is 25.2 Å². The van der Waals surface area contributed by atoms with Crippen LogP contribution < -0.4 is 5.73 Å². The molecule has 1 aliphatic heterocycles. The maximum absolute atomic E-state index is 11.4. The van der Waals surface area contributed by atoms with E-state index in [2.05, 4.69) is 23.9 Å². The fourth-order valence-electron chi connectivity index (χ4n) is 2.75. The summed E-state index contributed by atoms with van der Waals surface area (Å²) in [6, 6.07) is -0.0524. The van der Waals surface area contributed by atoms with Gasteiger partial charge in [0.05, 0.1) is 11.5 Å². The normalized spacial score (nSPS) is 23.3. The van der Waals surface area contributed by atoms with E-state index in [0.29, 0.717) is 23.8 Å². The monoisotopic (exact) mass is 300 g/mol. The van der Waals surface area contributed by atoms with Crippen LogP contribution in [-0.2, 0) is 22.8 Å². The van der Waals surface area contributed by atoms with Crippen LogP contribution in [0.1, 0.15) is 32.5 Å². The highest BCUT2D eigenvalue weighted by atomic mass is 32.2. The Morgan fingerprint density at radius 2 is 2.25 bits per heavy atom. The summed E-state index contributed by atoms with van der Waals surface area (Å²) in [7, 11) is -2.82. The average molecular weight is 300 g/mol. The first-order valence-corrected chi connectivity index (χ1v) is 9.00. The zero-order valence-electron chi connectivity index (χ0n) is 12.2. The molecule has 2 atom stereocenters. The van der Waals surface area contributed by atoms with E-state index in [1.54, 1.807) is 6.33 Å². The van der Waals surface area contributed by atoms with E-state index in [4.69, 9.17) is 5.73 Å². The Bertz CT molecular complexity index is 538. The van der Waals surface area contributed by atoms with Gasteiger partial charge in [0.1, 0.15) is 12.2 Å². The molecule has 114 valence electrons. The molecule has 2 N–H and O–H groups in total. The molecular weight excluding hydrogens is 276 g/mol. The fourth-order valence-corrected chi connectivity index (χ4v) is 4.63. The summed E-state index contributed by atoms with van der Waals surface area (Å²) in [4.78, 5) is 4.27. The molecule has 1 fully saturated rings. The SMILES string of the molecule is CC(C)Cn1ncnc1CC(N)CC1CCS(=O)(=O)C1. The summed E-state index contributed by atoms with van der Waals surface area (Å²) in [5.41, 5.74) is 6.16. The summed E-state index contributed by atoms with van der Waals surface area (Å²) in [5, 5.41) is 4.22. The zero-order valence-corrected chi connectivity index (χ0v) is 13.0. The highest BCUT2D eigenvalue weighted by Gasteiger charge is 2.29. The van der Waals surface area contributed by atoms with E-state index in [1.165, 1.54) is 0 Å². The van der Waals surface area contributed by atoms with E-state index >= 15 is 0 Å². The van der Waals surface area contributed by atoms with Crippen molar-refractivity contribution >= 4 is 9.84 Å². The second-order valence-corrected chi connectivity index (χ2v) is 8.45. The van der Waals surface area contributed by atoms with Gasteiger partial charge in [-0.25, -0.2) is 18.1 Å². The van der Waals surface area contributed by atoms with Crippen molar-refractivity contribution in [3.8, 4) is 0 Å². The van der Waals surface area contributed by atoms with Crippen LogP contribution >= 0.6 is 0 Å². The molecule has 0 saturated carbocycles. The van der Waals surface area contributed by atoms with Crippen molar-refractivity contribution < 1.29 is 8.42 Å². The van der Waals surface area contributed by atoms with Crippen molar-refractivity contribution in [1.29, 1.82) is 0 Å². The number of aromatic nitrogens is 3. The number of nitrogens with zero attached hydrogens (tertiary/aromatic N) is 3. The van der Waals surface area contributed by atoms with Gasteiger partial charge >= 0.3 is 0 Å². The number of hydrogen-bond acceptors (Lipinski definition) is 5. The van der Waals surface area contributed by atoms with E-state index in [-0.39, 0.29) is 12.0 Å². The molecule has 1 saturated heterocycles. The number of sulfone groups is 1.